The van der Waals surface area contributed by atoms with Gasteiger partial charge in [-0.2, -0.15) is 0 Å². The van der Waals surface area contributed by atoms with Gasteiger partial charge < -0.3 is 0 Å². The molecule has 3 heteroatoms. The highest BCUT2D eigenvalue weighted by atomic mass is 16.2. The molecule has 1 amide bonds. The summed E-state index contributed by atoms with van der Waals surface area (Å²) in [7, 11) is 1.79. The highest BCUT2D eigenvalue weighted by Crippen LogP contribution is 2.30. The fraction of sp³-hybridized carbons (Fsp3) is 0.429. The number of aliphatic imine (C=N–C) groups is 1. The van der Waals surface area contributed by atoms with Crippen LogP contribution in [0.15, 0.2) is 35.3 Å². The summed E-state index contributed by atoms with van der Waals surface area (Å²) in [6.07, 6.45) is 0. The van der Waals surface area contributed by atoms with Crippen molar-refractivity contribution in [1.82, 2.24) is 4.90 Å². The van der Waals surface area contributed by atoms with Crippen LogP contribution >= 0.6 is 0 Å². The summed E-state index contributed by atoms with van der Waals surface area (Å²) in [6.45, 7) is 5.97. The SMILES string of the molecule is CC(C)C1(C)N=C(c2ccccc2)N(C)C1=O. The van der Waals surface area contributed by atoms with E-state index < -0.39 is 5.54 Å². The zero-order chi connectivity index (χ0) is 12.6. The normalized spacial score (nSPS) is 24.4. The van der Waals surface area contributed by atoms with Crippen molar-refractivity contribution in [2.45, 2.75) is 26.3 Å². The molecular weight excluding hydrogens is 212 g/mol. The summed E-state index contributed by atoms with van der Waals surface area (Å²) in [4.78, 5) is 18.6. The molecule has 0 fully saturated rings. The van der Waals surface area contributed by atoms with Crippen LogP contribution in [0, 0.1) is 5.92 Å². The van der Waals surface area contributed by atoms with Crippen molar-refractivity contribution < 1.29 is 4.79 Å². The minimum absolute atomic E-state index is 0.0753. The van der Waals surface area contributed by atoms with Crippen molar-refractivity contribution in [3.63, 3.8) is 0 Å². The molecule has 3 nitrogen and oxygen atoms in total. The van der Waals surface area contributed by atoms with Crippen LogP contribution in [0.4, 0.5) is 0 Å². The van der Waals surface area contributed by atoms with E-state index in [0.717, 1.165) is 11.4 Å². The second kappa shape index (κ2) is 3.99. The quantitative estimate of drug-likeness (QED) is 0.767. The van der Waals surface area contributed by atoms with E-state index in [1.807, 2.05) is 51.1 Å². The third kappa shape index (κ3) is 1.75. The van der Waals surface area contributed by atoms with Gasteiger partial charge in [0.25, 0.3) is 5.91 Å². The fourth-order valence-corrected chi connectivity index (χ4v) is 2.00. The Morgan fingerprint density at radius 1 is 1.24 bits per heavy atom. The minimum atomic E-state index is -0.625. The molecule has 0 saturated carbocycles. The van der Waals surface area contributed by atoms with Gasteiger partial charge in [0.1, 0.15) is 11.4 Å². The third-order valence-corrected chi connectivity index (χ3v) is 3.55. The van der Waals surface area contributed by atoms with Crippen LogP contribution in [0.5, 0.6) is 0 Å². The van der Waals surface area contributed by atoms with E-state index in [-0.39, 0.29) is 11.8 Å². The largest absolute Gasteiger partial charge is 0.298 e. The molecule has 0 N–H and O–H groups in total. The maximum absolute atomic E-state index is 12.3. The Labute approximate surface area is 102 Å². The lowest BCUT2D eigenvalue weighted by atomic mass is 9.89. The molecule has 1 aliphatic rings. The van der Waals surface area contributed by atoms with Gasteiger partial charge in [-0.3, -0.25) is 14.7 Å². The first kappa shape index (κ1) is 11.8. The number of likely N-dealkylation sites (N-methyl/N-ethyl adjacent to an activating group) is 1. The van der Waals surface area contributed by atoms with Crippen LogP contribution in [0.3, 0.4) is 0 Å². The van der Waals surface area contributed by atoms with E-state index in [2.05, 4.69) is 4.99 Å². The van der Waals surface area contributed by atoms with Gasteiger partial charge in [-0.1, -0.05) is 44.2 Å². The number of benzene rings is 1. The zero-order valence-corrected chi connectivity index (χ0v) is 10.8. The molecule has 0 spiro atoms. The van der Waals surface area contributed by atoms with E-state index in [1.165, 1.54) is 0 Å². The van der Waals surface area contributed by atoms with E-state index in [1.54, 1.807) is 11.9 Å². The summed E-state index contributed by atoms with van der Waals surface area (Å²) >= 11 is 0. The molecule has 1 heterocycles. The Morgan fingerprint density at radius 2 is 1.82 bits per heavy atom. The lowest BCUT2D eigenvalue weighted by Gasteiger charge is -2.23. The highest BCUT2D eigenvalue weighted by Gasteiger charge is 2.45. The number of amides is 1. The number of amidine groups is 1. The topological polar surface area (TPSA) is 32.7 Å². The molecule has 90 valence electrons. The minimum Gasteiger partial charge on any atom is -0.298 e. The molecule has 0 saturated heterocycles. The van der Waals surface area contributed by atoms with E-state index in [9.17, 15) is 4.79 Å². The third-order valence-electron chi connectivity index (χ3n) is 3.55. The van der Waals surface area contributed by atoms with Gasteiger partial charge in [0.2, 0.25) is 0 Å². The number of hydrogen-bond donors (Lipinski definition) is 0. The molecule has 0 aromatic heterocycles. The molecule has 0 bridgehead atoms. The average Bonchev–Trinajstić information content (AvgIpc) is 2.56. The van der Waals surface area contributed by atoms with Gasteiger partial charge in [0.05, 0.1) is 0 Å². The van der Waals surface area contributed by atoms with Crippen molar-refractivity contribution >= 4 is 11.7 Å². The number of carbonyl (C=O) groups excluding carboxylic acids is 1. The number of nitrogens with zero attached hydrogens (tertiary/aromatic N) is 2. The van der Waals surface area contributed by atoms with Gasteiger partial charge >= 0.3 is 0 Å². The van der Waals surface area contributed by atoms with Crippen molar-refractivity contribution in [2.24, 2.45) is 10.9 Å². The maximum Gasteiger partial charge on any atom is 0.255 e. The molecule has 0 aliphatic carbocycles. The molecule has 1 atom stereocenters. The van der Waals surface area contributed by atoms with Crippen molar-refractivity contribution in [2.75, 3.05) is 7.05 Å². The molecule has 17 heavy (non-hydrogen) atoms. The van der Waals surface area contributed by atoms with Crippen LogP contribution in [0.1, 0.15) is 26.3 Å². The summed E-state index contributed by atoms with van der Waals surface area (Å²) in [6, 6.07) is 9.84. The summed E-state index contributed by atoms with van der Waals surface area (Å²) in [5, 5.41) is 0. The Kier molecular flexibility index (Phi) is 2.77. The maximum atomic E-state index is 12.3. The van der Waals surface area contributed by atoms with E-state index in [4.69, 9.17) is 0 Å². The van der Waals surface area contributed by atoms with Crippen LogP contribution in [-0.2, 0) is 4.79 Å². The average molecular weight is 230 g/mol. The number of hydrogen-bond acceptors (Lipinski definition) is 2. The molecule has 1 aromatic carbocycles. The van der Waals surface area contributed by atoms with Gasteiger partial charge in [0.15, 0.2) is 0 Å². The van der Waals surface area contributed by atoms with Crippen LogP contribution in [0.2, 0.25) is 0 Å². The molecular formula is C14H18N2O. The molecule has 1 aromatic rings. The van der Waals surface area contributed by atoms with Crippen molar-refractivity contribution in [3.8, 4) is 0 Å². The Hall–Kier alpha value is -1.64. The second-order valence-electron chi connectivity index (χ2n) is 4.97. The zero-order valence-electron chi connectivity index (χ0n) is 10.8. The van der Waals surface area contributed by atoms with Crippen LogP contribution in [0.25, 0.3) is 0 Å². The van der Waals surface area contributed by atoms with Crippen molar-refractivity contribution in [3.05, 3.63) is 35.9 Å². The fourth-order valence-electron chi connectivity index (χ4n) is 2.00. The number of rotatable bonds is 2. The van der Waals surface area contributed by atoms with Gasteiger partial charge in [-0.15, -0.1) is 0 Å². The second-order valence-corrected chi connectivity index (χ2v) is 4.97. The predicted octanol–water partition coefficient (Wildman–Crippen LogP) is 2.32. The summed E-state index contributed by atoms with van der Waals surface area (Å²) in [5.74, 6) is 1.04. The van der Waals surface area contributed by atoms with Gasteiger partial charge in [0, 0.05) is 12.6 Å². The first-order chi connectivity index (χ1) is 7.97. The molecule has 2 rings (SSSR count). The monoisotopic (exact) mass is 230 g/mol. The van der Waals surface area contributed by atoms with Gasteiger partial charge in [-0.05, 0) is 12.8 Å². The number of carbonyl (C=O) groups is 1. The highest BCUT2D eigenvalue weighted by molar-refractivity contribution is 6.14. The lowest BCUT2D eigenvalue weighted by Crippen LogP contribution is -2.42. The van der Waals surface area contributed by atoms with Gasteiger partial charge in [-0.25, -0.2) is 0 Å². The standard InChI is InChI=1S/C14H18N2O/c1-10(2)14(3)13(17)16(4)12(15-14)11-8-6-5-7-9-11/h5-10H,1-4H3. The Morgan fingerprint density at radius 3 is 2.29 bits per heavy atom. The predicted molar refractivity (Wildman–Crippen MR) is 69.0 cm³/mol. The molecule has 0 radical (unpaired) electrons. The van der Waals surface area contributed by atoms with E-state index >= 15 is 0 Å². The first-order valence-corrected chi connectivity index (χ1v) is 5.90. The summed E-state index contributed by atoms with van der Waals surface area (Å²) < 4.78 is 0. The van der Waals surface area contributed by atoms with E-state index in [0.29, 0.717) is 0 Å². The molecule has 1 aliphatic heterocycles. The van der Waals surface area contributed by atoms with Crippen molar-refractivity contribution in [1.29, 1.82) is 0 Å². The Balaban J connectivity index is 2.47. The van der Waals surface area contributed by atoms with Crippen LogP contribution in [-0.4, -0.2) is 29.2 Å². The first-order valence-electron chi connectivity index (χ1n) is 5.90. The molecule has 1 unspecified atom stereocenters. The lowest BCUT2D eigenvalue weighted by molar-refractivity contribution is -0.131. The Bertz CT molecular complexity index is 464. The smallest absolute Gasteiger partial charge is 0.255 e. The van der Waals surface area contributed by atoms with Crippen LogP contribution < -0.4 is 0 Å². The summed E-state index contributed by atoms with van der Waals surface area (Å²) in [5.41, 5.74) is 0.368.